The minimum Gasteiger partial charge on any atom is -0.490 e. The number of thioether (sulfide) groups is 1. The summed E-state index contributed by atoms with van der Waals surface area (Å²) in [4.78, 5) is 18.8. The van der Waals surface area contributed by atoms with Crippen molar-refractivity contribution < 1.29 is 14.3 Å². The lowest BCUT2D eigenvalue weighted by Gasteiger charge is -2.27. The van der Waals surface area contributed by atoms with E-state index in [0.29, 0.717) is 34.4 Å². The van der Waals surface area contributed by atoms with Gasteiger partial charge in [0.15, 0.2) is 16.7 Å². The largest absolute Gasteiger partial charge is 0.490 e. The number of ether oxygens (including phenoxy) is 2. The number of hydrogen-bond donors (Lipinski definition) is 1. The molecule has 1 amide bonds. The van der Waals surface area contributed by atoms with Crippen LogP contribution in [-0.2, 0) is 11.4 Å². The summed E-state index contributed by atoms with van der Waals surface area (Å²) >= 11 is 1.33. The molecule has 0 spiro atoms. The van der Waals surface area contributed by atoms with E-state index >= 15 is 0 Å². The van der Waals surface area contributed by atoms with Gasteiger partial charge in [-0.2, -0.15) is 10.3 Å². The van der Waals surface area contributed by atoms with Gasteiger partial charge in [-0.25, -0.2) is 0 Å². The first-order valence-corrected chi connectivity index (χ1v) is 12.5. The Morgan fingerprint density at radius 2 is 1.84 bits per heavy atom. The number of benzene rings is 3. The maximum Gasteiger partial charge on any atom is 0.283 e. The highest BCUT2D eigenvalue weighted by Crippen LogP contribution is 2.38. The van der Waals surface area contributed by atoms with Crippen LogP contribution in [0.1, 0.15) is 29.2 Å². The van der Waals surface area contributed by atoms with E-state index in [4.69, 9.17) is 14.9 Å². The van der Waals surface area contributed by atoms with Crippen molar-refractivity contribution in [2.24, 2.45) is 4.99 Å². The third-order valence-corrected chi connectivity index (χ3v) is 6.61. The molecular weight excluding hydrogens is 484 g/mol. The van der Waals surface area contributed by atoms with Crippen molar-refractivity contribution in [1.82, 2.24) is 4.90 Å². The third-order valence-electron chi connectivity index (χ3n) is 5.78. The quantitative estimate of drug-likeness (QED) is 0.404. The molecule has 0 radical (unpaired) electrons. The van der Waals surface area contributed by atoms with Crippen molar-refractivity contribution in [3.63, 3.8) is 0 Å². The predicted molar refractivity (Wildman–Crippen MR) is 145 cm³/mol. The van der Waals surface area contributed by atoms with E-state index < -0.39 is 5.91 Å². The van der Waals surface area contributed by atoms with Crippen LogP contribution in [0, 0.1) is 16.7 Å². The highest BCUT2D eigenvalue weighted by Gasteiger charge is 2.36. The molecule has 2 aliphatic heterocycles. The molecule has 7 nitrogen and oxygen atoms in total. The van der Waals surface area contributed by atoms with Gasteiger partial charge in [-0.1, -0.05) is 66.4 Å². The Kier molecular flexibility index (Phi) is 6.88. The molecule has 0 atom stereocenters. The molecule has 0 saturated carbocycles. The molecule has 2 heterocycles. The molecule has 5 rings (SSSR count). The molecule has 182 valence electrons. The van der Waals surface area contributed by atoms with Gasteiger partial charge >= 0.3 is 0 Å². The van der Waals surface area contributed by atoms with E-state index in [1.165, 1.54) is 11.8 Å². The van der Waals surface area contributed by atoms with Crippen LogP contribution in [-0.4, -0.2) is 28.4 Å². The Morgan fingerprint density at radius 3 is 2.62 bits per heavy atom. The van der Waals surface area contributed by atoms with Crippen molar-refractivity contribution in [3.05, 3.63) is 106 Å². The number of nitriles is 1. The molecule has 3 aromatic rings. The number of aliphatic imine (C=N–C) groups is 1. The van der Waals surface area contributed by atoms with Crippen LogP contribution < -0.4 is 9.47 Å². The number of hydrogen-bond acceptors (Lipinski definition) is 6. The maximum atomic E-state index is 12.9. The fourth-order valence-corrected chi connectivity index (χ4v) is 4.88. The molecule has 8 heteroatoms. The number of rotatable bonds is 7. The molecule has 3 aromatic carbocycles. The van der Waals surface area contributed by atoms with E-state index in [9.17, 15) is 10.1 Å². The lowest BCUT2D eigenvalue weighted by Crippen LogP contribution is -2.38. The second-order valence-corrected chi connectivity index (χ2v) is 8.96. The normalized spacial score (nSPS) is 15.7. The average molecular weight is 507 g/mol. The molecule has 0 fully saturated rings. The molecule has 0 aromatic heterocycles. The predicted octanol–water partition coefficient (Wildman–Crippen LogP) is 5.84. The first kappa shape index (κ1) is 24.1. The molecule has 37 heavy (non-hydrogen) atoms. The van der Waals surface area contributed by atoms with Crippen LogP contribution in [0.4, 0.5) is 0 Å². The lowest BCUT2D eigenvalue weighted by molar-refractivity contribution is -0.114. The second-order valence-electron chi connectivity index (χ2n) is 8.13. The molecular formula is C29H22N4O3S. The standard InChI is InChI=1S/C29H22N4O3S/c1-2-35-26-15-19(12-13-25(26)36-17-22-11-7-6-10-21(22)16-30)14-23-27(31)33-24(20-8-4-3-5-9-20)18-37-29(33)32-28(23)34/h3-15,18,31H,2,17H2,1H3. The number of carbonyl (C=O) groups excluding carboxylic acids is 1. The van der Waals surface area contributed by atoms with Crippen molar-refractivity contribution >= 4 is 40.4 Å². The topological polar surface area (TPSA) is 98.8 Å². The number of fused-ring (bicyclic) bond motifs is 1. The summed E-state index contributed by atoms with van der Waals surface area (Å²) in [6, 6.07) is 24.5. The van der Waals surface area contributed by atoms with Crippen LogP contribution in [0.3, 0.4) is 0 Å². The maximum absolute atomic E-state index is 12.9. The summed E-state index contributed by atoms with van der Waals surface area (Å²) in [7, 11) is 0. The third kappa shape index (κ3) is 4.90. The Balaban J connectivity index is 1.42. The number of amides is 1. The van der Waals surface area contributed by atoms with Crippen molar-refractivity contribution in [2.45, 2.75) is 13.5 Å². The van der Waals surface area contributed by atoms with Gasteiger partial charge < -0.3 is 9.47 Å². The summed E-state index contributed by atoms with van der Waals surface area (Å²) in [6.07, 6.45) is 1.65. The van der Waals surface area contributed by atoms with E-state index in [0.717, 1.165) is 16.8 Å². The number of nitrogens with one attached hydrogen (secondary N) is 1. The zero-order valence-electron chi connectivity index (χ0n) is 20.0. The highest BCUT2D eigenvalue weighted by molar-refractivity contribution is 8.17. The Bertz CT molecular complexity index is 1520. The number of amidine groups is 2. The Hall–Kier alpha value is -4.61. The summed E-state index contributed by atoms with van der Waals surface area (Å²) in [5, 5.41) is 20.5. The van der Waals surface area contributed by atoms with E-state index in [2.05, 4.69) is 11.1 Å². The van der Waals surface area contributed by atoms with Gasteiger partial charge in [0.2, 0.25) is 0 Å². The van der Waals surface area contributed by atoms with Crippen molar-refractivity contribution in [2.75, 3.05) is 6.61 Å². The van der Waals surface area contributed by atoms with Gasteiger partial charge in [0, 0.05) is 11.0 Å². The average Bonchev–Trinajstić information content (AvgIpc) is 3.35. The molecule has 2 aliphatic rings. The minimum atomic E-state index is -0.460. The van der Waals surface area contributed by atoms with Gasteiger partial charge in [0.05, 0.1) is 29.5 Å². The molecule has 1 N–H and O–H groups in total. The summed E-state index contributed by atoms with van der Waals surface area (Å²) in [5.41, 5.74) is 3.95. The first-order valence-electron chi connectivity index (χ1n) is 11.6. The monoisotopic (exact) mass is 506 g/mol. The fraction of sp³-hybridized carbons (Fsp3) is 0.103. The van der Waals surface area contributed by atoms with Crippen LogP contribution in [0.25, 0.3) is 11.8 Å². The minimum absolute atomic E-state index is 0.0708. The van der Waals surface area contributed by atoms with Gasteiger partial charge in [-0.15, -0.1) is 0 Å². The SMILES string of the molecule is CCOc1cc(C=C2C(=N)N3C(c4ccccc4)=CSC3=NC2=O)ccc1OCc1ccccc1C#N. The Labute approximate surface area is 218 Å². The summed E-state index contributed by atoms with van der Waals surface area (Å²) in [5.74, 6) is 0.638. The zero-order valence-corrected chi connectivity index (χ0v) is 20.8. The van der Waals surface area contributed by atoms with Gasteiger partial charge in [-0.05, 0) is 42.3 Å². The zero-order chi connectivity index (χ0) is 25.8. The van der Waals surface area contributed by atoms with Crippen molar-refractivity contribution in [1.29, 1.82) is 10.7 Å². The highest BCUT2D eigenvalue weighted by atomic mass is 32.2. The van der Waals surface area contributed by atoms with E-state index in [1.807, 2.05) is 60.9 Å². The Morgan fingerprint density at radius 1 is 1.05 bits per heavy atom. The van der Waals surface area contributed by atoms with Crippen molar-refractivity contribution in [3.8, 4) is 17.6 Å². The molecule has 0 saturated heterocycles. The second kappa shape index (κ2) is 10.6. The van der Waals surface area contributed by atoms with Gasteiger partial charge in [0.25, 0.3) is 5.91 Å². The number of nitrogens with zero attached hydrogens (tertiary/aromatic N) is 3. The fourth-order valence-electron chi connectivity index (χ4n) is 3.99. The number of carbonyl (C=O) groups is 1. The first-order chi connectivity index (χ1) is 18.1. The smallest absolute Gasteiger partial charge is 0.283 e. The van der Waals surface area contributed by atoms with Crippen LogP contribution >= 0.6 is 11.8 Å². The lowest BCUT2D eigenvalue weighted by atomic mass is 10.1. The molecule has 0 aliphatic carbocycles. The van der Waals surface area contributed by atoms with Crippen LogP contribution in [0.2, 0.25) is 0 Å². The van der Waals surface area contributed by atoms with Gasteiger partial charge in [-0.3, -0.25) is 15.1 Å². The van der Waals surface area contributed by atoms with Crippen LogP contribution in [0.5, 0.6) is 11.5 Å². The van der Waals surface area contributed by atoms with Gasteiger partial charge in [0.1, 0.15) is 12.4 Å². The van der Waals surface area contributed by atoms with Crippen LogP contribution in [0.15, 0.2) is 88.8 Å². The van der Waals surface area contributed by atoms with E-state index in [-0.39, 0.29) is 18.0 Å². The molecule has 0 unspecified atom stereocenters. The summed E-state index contributed by atoms with van der Waals surface area (Å²) < 4.78 is 11.8. The molecule has 0 bridgehead atoms. The van der Waals surface area contributed by atoms with E-state index in [1.54, 1.807) is 35.2 Å². The summed E-state index contributed by atoms with van der Waals surface area (Å²) in [6.45, 7) is 2.51.